The minimum absolute atomic E-state index is 0.287. The Morgan fingerprint density at radius 1 is 1.53 bits per heavy atom. The van der Waals surface area contributed by atoms with E-state index >= 15 is 0 Å². The summed E-state index contributed by atoms with van der Waals surface area (Å²) in [5, 5.41) is 0. The summed E-state index contributed by atoms with van der Waals surface area (Å²) in [6.45, 7) is 6.04. The van der Waals surface area contributed by atoms with Gasteiger partial charge in [-0.05, 0) is 28.8 Å². The molecule has 86 valence electrons. The molecule has 0 unspecified atom stereocenters. The Kier molecular flexibility index (Phi) is 4.28. The molecule has 1 aromatic heterocycles. The SMILES string of the molecule is Cc1nc(Br)sc1S(=O)(=O)NCC(C)C. The maximum Gasteiger partial charge on any atom is 0.251 e. The third-order valence-electron chi connectivity index (χ3n) is 1.65. The number of nitrogens with one attached hydrogen (secondary N) is 1. The van der Waals surface area contributed by atoms with E-state index in [-0.39, 0.29) is 10.1 Å². The molecule has 1 aromatic rings. The van der Waals surface area contributed by atoms with Crippen LogP contribution in [0.5, 0.6) is 0 Å². The predicted molar refractivity (Wildman–Crippen MR) is 64.6 cm³/mol. The first kappa shape index (κ1) is 13.1. The number of aromatic nitrogens is 1. The van der Waals surface area contributed by atoms with E-state index in [4.69, 9.17) is 0 Å². The van der Waals surface area contributed by atoms with Gasteiger partial charge in [0.15, 0.2) is 8.13 Å². The zero-order valence-corrected chi connectivity index (χ0v) is 12.0. The molecule has 0 saturated carbocycles. The number of thiazole rings is 1. The summed E-state index contributed by atoms with van der Waals surface area (Å²) in [6.07, 6.45) is 0. The highest BCUT2D eigenvalue weighted by molar-refractivity contribution is 9.11. The van der Waals surface area contributed by atoms with Gasteiger partial charge in [0, 0.05) is 6.54 Å². The molecule has 0 radical (unpaired) electrons. The van der Waals surface area contributed by atoms with Crippen LogP contribution < -0.4 is 4.72 Å². The van der Waals surface area contributed by atoms with Crippen molar-refractivity contribution in [1.82, 2.24) is 9.71 Å². The van der Waals surface area contributed by atoms with Gasteiger partial charge >= 0.3 is 0 Å². The number of hydrogen-bond acceptors (Lipinski definition) is 4. The third kappa shape index (κ3) is 3.51. The van der Waals surface area contributed by atoms with Gasteiger partial charge < -0.3 is 0 Å². The highest BCUT2D eigenvalue weighted by atomic mass is 79.9. The van der Waals surface area contributed by atoms with Crippen LogP contribution in [-0.4, -0.2) is 19.9 Å². The van der Waals surface area contributed by atoms with Crippen LogP contribution in [-0.2, 0) is 10.0 Å². The average molecular weight is 313 g/mol. The van der Waals surface area contributed by atoms with Crippen LogP contribution in [0.15, 0.2) is 8.13 Å². The van der Waals surface area contributed by atoms with Gasteiger partial charge in [0.2, 0.25) is 0 Å². The lowest BCUT2D eigenvalue weighted by atomic mass is 10.2. The van der Waals surface area contributed by atoms with E-state index in [0.717, 1.165) is 11.3 Å². The van der Waals surface area contributed by atoms with Crippen molar-refractivity contribution in [3.05, 3.63) is 9.61 Å². The quantitative estimate of drug-likeness (QED) is 0.926. The van der Waals surface area contributed by atoms with Crippen molar-refractivity contribution in [1.29, 1.82) is 0 Å². The number of nitrogens with zero attached hydrogens (tertiary/aromatic N) is 1. The summed E-state index contributed by atoms with van der Waals surface area (Å²) < 4.78 is 27.0. The van der Waals surface area contributed by atoms with Gasteiger partial charge in [-0.2, -0.15) is 0 Å². The Morgan fingerprint density at radius 3 is 2.53 bits per heavy atom. The molecule has 1 heterocycles. The van der Waals surface area contributed by atoms with E-state index in [9.17, 15) is 8.42 Å². The second-order valence-electron chi connectivity index (χ2n) is 3.59. The minimum atomic E-state index is -3.39. The maximum absolute atomic E-state index is 11.8. The largest absolute Gasteiger partial charge is 0.251 e. The number of sulfonamides is 1. The van der Waals surface area contributed by atoms with E-state index in [0.29, 0.717) is 16.2 Å². The molecule has 1 N–H and O–H groups in total. The topological polar surface area (TPSA) is 59.1 Å². The molecule has 0 bridgehead atoms. The van der Waals surface area contributed by atoms with E-state index in [1.165, 1.54) is 0 Å². The number of aryl methyl sites for hydroxylation is 1. The highest BCUT2D eigenvalue weighted by Gasteiger charge is 2.20. The summed E-state index contributed by atoms with van der Waals surface area (Å²) in [5.74, 6) is 0.288. The van der Waals surface area contributed by atoms with Crippen LogP contribution in [0.2, 0.25) is 0 Å². The lowest BCUT2D eigenvalue weighted by molar-refractivity contribution is 0.561. The normalized spacial score (nSPS) is 12.3. The molecule has 0 atom stereocenters. The lowest BCUT2D eigenvalue weighted by Gasteiger charge is -2.07. The summed E-state index contributed by atoms with van der Waals surface area (Å²) >= 11 is 4.30. The molecule has 0 aromatic carbocycles. The molecule has 0 aliphatic carbocycles. The minimum Gasteiger partial charge on any atom is -0.233 e. The fraction of sp³-hybridized carbons (Fsp3) is 0.625. The summed E-state index contributed by atoms with van der Waals surface area (Å²) in [4.78, 5) is 4.02. The second kappa shape index (κ2) is 4.90. The highest BCUT2D eigenvalue weighted by Crippen LogP contribution is 2.26. The van der Waals surface area contributed by atoms with Crippen LogP contribution >= 0.6 is 27.3 Å². The molecule has 15 heavy (non-hydrogen) atoms. The van der Waals surface area contributed by atoms with Crippen LogP contribution in [0.4, 0.5) is 0 Å². The van der Waals surface area contributed by atoms with Gasteiger partial charge in [-0.1, -0.05) is 25.2 Å². The lowest BCUT2D eigenvalue weighted by Crippen LogP contribution is -2.27. The molecular formula is C8H13BrN2O2S2. The summed E-state index contributed by atoms with van der Waals surface area (Å²) in [7, 11) is -3.39. The average Bonchev–Trinajstić information content (AvgIpc) is 2.43. The van der Waals surface area contributed by atoms with Gasteiger partial charge in [-0.25, -0.2) is 18.1 Å². The number of rotatable bonds is 4. The van der Waals surface area contributed by atoms with Crippen molar-refractivity contribution in [3.63, 3.8) is 0 Å². The first-order valence-electron chi connectivity index (χ1n) is 4.45. The van der Waals surface area contributed by atoms with Gasteiger partial charge in [0.1, 0.15) is 0 Å². The van der Waals surface area contributed by atoms with Crippen LogP contribution in [0.25, 0.3) is 0 Å². The van der Waals surface area contributed by atoms with Gasteiger partial charge in [0.05, 0.1) is 5.69 Å². The Bertz CT molecular complexity index is 439. The fourth-order valence-corrected chi connectivity index (χ4v) is 4.51. The zero-order valence-electron chi connectivity index (χ0n) is 8.74. The Morgan fingerprint density at radius 2 is 2.13 bits per heavy atom. The molecule has 0 aliphatic rings. The second-order valence-corrected chi connectivity index (χ2v) is 7.82. The van der Waals surface area contributed by atoms with E-state index in [1.54, 1.807) is 6.92 Å². The molecule has 7 heteroatoms. The molecule has 0 aliphatic heterocycles. The fourth-order valence-electron chi connectivity index (χ4n) is 0.942. The van der Waals surface area contributed by atoms with Gasteiger partial charge in [-0.15, -0.1) is 0 Å². The molecule has 0 spiro atoms. The first-order chi connectivity index (χ1) is 6.83. The van der Waals surface area contributed by atoms with Crippen molar-refractivity contribution < 1.29 is 8.42 Å². The third-order valence-corrected chi connectivity index (χ3v) is 5.30. The molecule has 4 nitrogen and oxygen atoms in total. The van der Waals surface area contributed by atoms with Crippen molar-refractivity contribution in [3.8, 4) is 0 Å². The van der Waals surface area contributed by atoms with Crippen LogP contribution in [0.3, 0.4) is 0 Å². The van der Waals surface area contributed by atoms with Crippen LogP contribution in [0.1, 0.15) is 19.5 Å². The van der Waals surface area contributed by atoms with Gasteiger partial charge in [-0.3, -0.25) is 0 Å². The monoisotopic (exact) mass is 312 g/mol. The van der Waals surface area contributed by atoms with Crippen LogP contribution in [0, 0.1) is 12.8 Å². The van der Waals surface area contributed by atoms with Crippen molar-refractivity contribution in [2.45, 2.75) is 25.0 Å². The van der Waals surface area contributed by atoms with E-state index < -0.39 is 10.0 Å². The zero-order chi connectivity index (χ0) is 11.6. The molecule has 0 fully saturated rings. The Hall–Kier alpha value is 0.0200. The van der Waals surface area contributed by atoms with Crippen molar-refractivity contribution in [2.24, 2.45) is 5.92 Å². The smallest absolute Gasteiger partial charge is 0.233 e. The Labute approximate surface area is 102 Å². The van der Waals surface area contributed by atoms with Crippen molar-refractivity contribution >= 4 is 37.3 Å². The molecule has 1 rings (SSSR count). The van der Waals surface area contributed by atoms with Crippen molar-refractivity contribution in [2.75, 3.05) is 6.54 Å². The summed E-state index contributed by atoms with van der Waals surface area (Å²) in [5.41, 5.74) is 0.531. The molecular weight excluding hydrogens is 300 g/mol. The van der Waals surface area contributed by atoms with E-state index in [2.05, 4.69) is 25.6 Å². The standard InChI is InChI=1S/C8H13BrN2O2S2/c1-5(2)4-10-15(12,13)7-6(3)11-8(9)14-7/h5,10H,4H2,1-3H3. The Balaban J connectivity index is 2.91. The number of hydrogen-bond donors (Lipinski definition) is 1. The maximum atomic E-state index is 11.8. The van der Waals surface area contributed by atoms with Gasteiger partial charge in [0.25, 0.3) is 10.0 Å². The molecule has 0 amide bonds. The summed E-state index contributed by atoms with van der Waals surface area (Å²) in [6, 6.07) is 0. The molecule has 0 saturated heterocycles. The predicted octanol–water partition coefficient (Wildman–Crippen LogP) is 2.15. The first-order valence-corrected chi connectivity index (χ1v) is 7.55. The van der Waals surface area contributed by atoms with E-state index in [1.807, 2.05) is 13.8 Å². The number of halogens is 1.